The van der Waals surface area contributed by atoms with Gasteiger partial charge in [0.1, 0.15) is 5.75 Å². The Labute approximate surface area is 205 Å². The van der Waals surface area contributed by atoms with Crippen molar-refractivity contribution in [3.05, 3.63) is 101 Å². The summed E-state index contributed by atoms with van der Waals surface area (Å²) >= 11 is 6.85. The highest BCUT2D eigenvalue weighted by molar-refractivity contribution is 8.19. The molecule has 1 aliphatic heterocycles. The maximum atomic E-state index is 13.2. The molecule has 1 fully saturated rings. The molecular weight excluding hydrogens is 470 g/mol. The van der Waals surface area contributed by atoms with Crippen molar-refractivity contribution in [2.24, 2.45) is 0 Å². The molecule has 0 aliphatic carbocycles. The van der Waals surface area contributed by atoms with Crippen molar-refractivity contribution < 1.29 is 14.3 Å². The lowest BCUT2D eigenvalue weighted by Gasteiger charge is -2.12. The predicted molar refractivity (Wildman–Crippen MR) is 135 cm³/mol. The molecule has 0 bridgehead atoms. The van der Waals surface area contributed by atoms with Gasteiger partial charge in [-0.05, 0) is 78.5 Å². The SMILES string of the molecule is COc1ccc(-c2nn(-c3ccccc3)cc2/C=C2\SC(=O)N(c3ccc(Cl)cc3)C2=O)cc1. The first-order chi connectivity index (χ1) is 16.5. The van der Waals surface area contributed by atoms with Crippen LogP contribution in [0.25, 0.3) is 23.0 Å². The number of carbonyl (C=O) groups is 2. The van der Waals surface area contributed by atoms with Gasteiger partial charge in [0.15, 0.2) is 0 Å². The van der Waals surface area contributed by atoms with E-state index >= 15 is 0 Å². The number of para-hydroxylation sites is 1. The summed E-state index contributed by atoms with van der Waals surface area (Å²) in [4.78, 5) is 27.3. The highest BCUT2D eigenvalue weighted by Crippen LogP contribution is 2.37. The van der Waals surface area contributed by atoms with Crippen LogP contribution in [0.15, 0.2) is 90.0 Å². The van der Waals surface area contributed by atoms with Gasteiger partial charge >= 0.3 is 0 Å². The molecule has 1 saturated heterocycles. The number of hydrogen-bond acceptors (Lipinski definition) is 5. The maximum absolute atomic E-state index is 13.2. The molecule has 1 aliphatic rings. The number of methoxy groups -OCH3 is 1. The molecule has 3 aromatic carbocycles. The minimum atomic E-state index is -0.384. The lowest BCUT2D eigenvalue weighted by Crippen LogP contribution is -2.27. The van der Waals surface area contributed by atoms with Gasteiger partial charge < -0.3 is 4.74 Å². The second-order valence-corrected chi connectivity index (χ2v) is 8.86. The van der Waals surface area contributed by atoms with Crippen LogP contribution in [0, 0.1) is 0 Å². The number of benzene rings is 3. The Morgan fingerprint density at radius 3 is 2.29 bits per heavy atom. The van der Waals surface area contributed by atoms with Crippen LogP contribution in [0.3, 0.4) is 0 Å². The number of thioether (sulfide) groups is 1. The van der Waals surface area contributed by atoms with Crippen molar-refractivity contribution in [1.29, 1.82) is 0 Å². The number of imide groups is 1. The monoisotopic (exact) mass is 487 g/mol. The molecule has 6 nitrogen and oxygen atoms in total. The molecule has 4 aromatic rings. The van der Waals surface area contributed by atoms with Gasteiger partial charge in [-0.1, -0.05) is 29.8 Å². The van der Waals surface area contributed by atoms with E-state index in [0.29, 0.717) is 21.3 Å². The van der Waals surface area contributed by atoms with E-state index in [0.717, 1.165) is 39.2 Å². The van der Waals surface area contributed by atoms with Gasteiger partial charge in [-0.25, -0.2) is 9.58 Å². The van der Waals surface area contributed by atoms with Crippen LogP contribution in [0.4, 0.5) is 10.5 Å². The number of amides is 2. The van der Waals surface area contributed by atoms with Gasteiger partial charge in [-0.15, -0.1) is 0 Å². The zero-order valence-corrected chi connectivity index (χ0v) is 19.6. The smallest absolute Gasteiger partial charge is 0.298 e. The largest absolute Gasteiger partial charge is 0.497 e. The summed E-state index contributed by atoms with van der Waals surface area (Å²) in [5.74, 6) is 0.349. The predicted octanol–water partition coefficient (Wildman–Crippen LogP) is 6.44. The molecular formula is C26H18ClN3O3S. The highest BCUT2D eigenvalue weighted by atomic mass is 35.5. The maximum Gasteiger partial charge on any atom is 0.298 e. The fraction of sp³-hybridized carbons (Fsp3) is 0.0385. The summed E-state index contributed by atoms with van der Waals surface area (Å²) in [7, 11) is 1.61. The second-order valence-electron chi connectivity index (χ2n) is 7.44. The summed E-state index contributed by atoms with van der Waals surface area (Å²) < 4.78 is 7.03. The summed E-state index contributed by atoms with van der Waals surface area (Å²) in [5.41, 5.74) is 3.62. The average Bonchev–Trinajstić information content (AvgIpc) is 3.41. The Kier molecular flexibility index (Phi) is 5.96. The number of aromatic nitrogens is 2. The number of halogens is 1. The molecule has 0 saturated carbocycles. The third kappa shape index (κ3) is 4.23. The molecule has 8 heteroatoms. The van der Waals surface area contributed by atoms with Crippen molar-refractivity contribution >= 4 is 46.3 Å². The first-order valence-electron chi connectivity index (χ1n) is 10.4. The number of carbonyl (C=O) groups excluding carboxylic acids is 2. The third-order valence-electron chi connectivity index (χ3n) is 5.29. The zero-order chi connectivity index (χ0) is 23.7. The van der Waals surface area contributed by atoms with Crippen LogP contribution in [0.1, 0.15) is 5.56 Å². The number of hydrogen-bond donors (Lipinski definition) is 0. The van der Waals surface area contributed by atoms with Crippen LogP contribution in [0.2, 0.25) is 5.02 Å². The first-order valence-corrected chi connectivity index (χ1v) is 11.6. The van der Waals surface area contributed by atoms with E-state index in [4.69, 9.17) is 21.4 Å². The molecule has 34 heavy (non-hydrogen) atoms. The van der Waals surface area contributed by atoms with Gasteiger partial charge in [-0.2, -0.15) is 5.10 Å². The van der Waals surface area contributed by atoms with Gasteiger partial charge in [0.2, 0.25) is 0 Å². The van der Waals surface area contributed by atoms with E-state index in [1.165, 1.54) is 0 Å². The van der Waals surface area contributed by atoms with E-state index in [1.54, 1.807) is 42.1 Å². The molecule has 0 N–H and O–H groups in total. The number of rotatable bonds is 5. The Morgan fingerprint density at radius 1 is 0.912 bits per heavy atom. The van der Waals surface area contributed by atoms with Crippen LogP contribution < -0.4 is 9.64 Å². The van der Waals surface area contributed by atoms with Gasteiger partial charge in [0.25, 0.3) is 11.1 Å². The van der Waals surface area contributed by atoms with E-state index < -0.39 is 0 Å². The molecule has 0 atom stereocenters. The molecule has 0 spiro atoms. The topological polar surface area (TPSA) is 64.4 Å². The van der Waals surface area contributed by atoms with Crippen molar-refractivity contribution in [2.75, 3.05) is 12.0 Å². The van der Waals surface area contributed by atoms with Gasteiger partial charge in [-0.3, -0.25) is 9.59 Å². The first kappa shape index (κ1) is 22.0. The molecule has 168 valence electrons. The Hall–Kier alpha value is -3.81. The lowest BCUT2D eigenvalue weighted by atomic mass is 10.1. The van der Waals surface area contributed by atoms with Crippen LogP contribution in [-0.4, -0.2) is 28.0 Å². The van der Waals surface area contributed by atoms with Gasteiger partial charge in [0.05, 0.1) is 29.1 Å². The van der Waals surface area contributed by atoms with Gasteiger partial charge in [0, 0.05) is 22.3 Å². The lowest BCUT2D eigenvalue weighted by molar-refractivity contribution is -0.113. The van der Waals surface area contributed by atoms with Crippen molar-refractivity contribution in [1.82, 2.24) is 9.78 Å². The fourth-order valence-corrected chi connectivity index (χ4v) is 4.56. The van der Waals surface area contributed by atoms with Crippen molar-refractivity contribution in [2.45, 2.75) is 0 Å². The molecule has 0 unspecified atom stereocenters. The molecule has 1 aromatic heterocycles. The number of anilines is 1. The summed E-state index contributed by atoms with van der Waals surface area (Å²) in [5, 5.41) is 4.95. The Bertz CT molecular complexity index is 1400. The van der Waals surface area contributed by atoms with Crippen LogP contribution >= 0.6 is 23.4 Å². The Morgan fingerprint density at radius 2 is 1.62 bits per heavy atom. The van der Waals surface area contributed by atoms with E-state index in [9.17, 15) is 9.59 Å². The average molecular weight is 488 g/mol. The zero-order valence-electron chi connectivity index (χ0n) is 18.0. The summed E-state index contributed by atoms with van der Waals surface area (Å²) in [6, 6.07) is 23.8. The number of nitrogens with zero attached hydrogens (tertiary/aromatic N) is 3. The summed E-state index contributed by atoms with van der Waals surface area (Å²) in [6.07, 6.45) is 3.57. The molecule has 2 amide bonds. The number of ether oxygens (including phenoxy) is 1. The van der Waals surface area contributed by atoms with Crippen molar-refractivity contribution in [3.63, 3.8) is 0 Å². The minimum absolute atomic E-state index is 0.322. The minimum Gasteiger partial charge on any atom is -0.497 e. The van der Waals surface area contributed by atoms with Crippen LogP contribution in [0.5, 0.6) is 5.75 Å². The Balaban J connectivity index is 1.57. The van der Waals surface area contributed by atoms with Crippen molar-refractivity contribution in [3.8, 4) is 22.7 Å². The molecule has 2 heterocycles. The third-order valence-corrected chi connectivity index (χ3v) is 6.41. The molecule has 5 rings (SSSR count). The normalized spacial score (nSPS) is 14.8. The van der Waals surface area contributed by atoms with E-state index in [-0.39, 0.29) is 11.1 Å². The summed E-state index contributed by atoms with van der Waals surface area (Å²) in [6.45, 7) is 0. The highest BCUT2D eigenvalue weighted by Gasteiger charge is 2.36. The quantitative estimate of drug-likeness (QED) is 0.303. The second kappa shape index (κ2) is 9.21. The fourth-order valence-electron chi connectivity index (χ4n) is 3.60. The van der Waals surface area contributed by atoms with E-state index in [2.05, 4.69) is 0 Å². The van der Waals surface area contributed by atoms with Crippen LogP contribution in [-0.2, 0) is 4.79 Å². The molecule has 0 radical (unpaired) electrons. The van der Waals surface area contributed by atoms with E-state index in [1.807, 2.05) is 60.8 Å². The standard InChI is InChI=1S/C26H18ClN3O3S/c1-33-22-13-7-17(8-14-22)24-18(16-29(28-24)20-5-3-2-4-6-20)15-23-25(31)30(26(32)34-23)21-11-9-19(27)10-12-21/h2-16H,1H3/b23-15-.